The van der Waals surface area contributed by atoms with Gasteiger partial charge in [0.2, 0.25) is 5.91 Å². The van der Waals surface area contributed by atoms with E-state index in [4.69, 9.17) is 4.74 Å². The smallest absolute Gasteiger partial charge is 0.292 e. The van der Waals surface area contributed by atoms with Crippen LogP contribution in [0.15, 0.2) is 48.5 Å². The van der Waals surface area contributed by atoms with Gasteiger partial charge in [-0.2, -0.15) is 0 Å². The van der Waals surface area contributed by atoms with Gasteiger partial charge in [0, 0.05) is 24.4 Å². The van der Waals surface area contributed by atoms with E-state index >= 15 is 0 Å². The van der Waals surface area contributed by atoms with Crippen molar-refractivity contribution in [1.29, 1.82) is 0 Å². The van der Waals surface area contributed by atoms with Crippen LogP contribution in [0.2, 0.25) is 0 Å². The van der Waals surface area contributed by atoms with Crippen LogP contribution in [-0.2, 0) is 4.79 Å². The van der Waals surface area contributed by atoms with Crippen molar-refractivity contribution < 1.29 is 14.5 Å². The molecular formula is C17H19N3O4. The fraction of sp³-hybridized carbons (Fsp3) is 0.235. The fourth-order valence-electron chi connectivity index (χ4n) is 2.33. The number of para-hydroxylation sites is 2. The van der Waals surface area contributed by atoms with Gasteiger partial charge >= 0.3 is 0 Å². The van der Waals surface area contributed by atoms with E-state index in [2.05, 4.69) is 5.32 Å². The van der Waals surface area contributed by atoms with Crippen LogP contribution in [0.25, 0.3) is 0 Å². The summed E-state index contributed by atoms with van der Waals surface area (Å²) in [6.45, 7) is 2.32. The maximum Gasteiger partial charge on any atom is 0.292 e. The molecule has 0 spiro atoms. The maximum atomic E-state index is 12.3. The van der Waals surface area contributed by atoms with Crippen molar-refractivity contribution in [3.05, 3.63) is 58.6 Å². The normalized spacial score (nSPS) is 10.1. The molecule has 0 atom stereocenters. The number of ether oxygens (including phenoxy) is 1. The zero-order chi connectivity index (χ0) is 17.5. The third-order valence-electron chi connectivity index (χ3n) is 3.49. The molecule has 0 fully saturated rings. The number of anilines is 2. The number of nitrogens with zero attached hydrogens (tertiary/aromatic N) is 2. The van der Waals surface area contributed by atoms with Crippen molar-refractivity contribution in [3.8, 4) is 5.75 Å². The molecular weight excluding hydrogens is 310 g/mol. The lowest BCUT2D eigenvalue weighted by Crippen LogP contribution is -2.33. The van der Waals surface area contributed by atoms with Crippen LogP contribution in [0, 0.1) is 10.1 Å². The zero-order valence-corrected chi connectivity index (χ0v) is 13.6. The summed E-state index contributed by atoms with van der Waals surface area (Å²) in [5, 5.41) is 13.9. The van der Waals surface area contributed by atoms with Crippen LogP contribution in [0.1, 0.15) is 6.92 Å². The Balaban J connectivity index is 2.12. The van der Waals surface area contributed by atoms with Crippen LogP contribution in [0.3, 0.4) is 0 Å². The fourth-order valence-corrected chi connectivity index (χ4v) is 2.33. The summed E-state index contributed by atoms with van der Waals surface area (Å²) in [5.41, 5.74) is 1.01. The second kappa shape index (κ2) is 7.96. The molecule has 7 nitrogen and oxygen atoms in total. The van der Waals surface area contributed by atoms with E-state index < -0.39 is 4.92 Å². The second-order valence-corrected chi connectivity index (χ2v) is 5.04. The predicted molar refractivity (Wildman–Crippen MR) is 92.6 cm³/mol. The minimum atomic E-state index is -0.446. The minimum Gasteiger partial charge on any atom is -0.497 e. The number of hydrogen-bond acceptors (Lipinski definition) is 5. The Kier molecular flexibility index (Phi) is 5.73. The number of nitro groups is 1. The lowest BCUT2D eigenvalue weighted by molar-refractivity contribution is -0.384. The van der Waals surface area contributed by atoms with E-state index in [0.29, 0.717) is 23.7 Å². The van der Waals surface area contributed by atoms with Crippen molar-refractivity contribution in [2.24, 2.45) is 0 Å². The van der Waals surface area contributed by atoms with Gasteiger partial charge in [-0.15, -0.1) is 0 Å². The number of likely N-dealkylation sites (N-methyl/N-ethyl adjacent to an activating group) is 1. The molecule has 126 valence electrons. The Morgan fingerprint density at radius 1 is 1.25 bits per heavy atom. The van der Waals surface area contributed by atoms with Gasteiger partial charge in [-0.05, 0) is 25.1 Å². The molecule has 0 aromatic heterocycles. The maximum absolute atomic E-state index is 12.3. The molecule has 1 amide bonds. The van der Waals surface area contributed by atoms with Gasteiger partial charge < -0.3 is 15.0 Å². The molecule has 7 heteroatoms. The molecule has 0 bridgehead atoms. The Hall–Kier alpha value is -3.09. The van der Waals surface area contributed by atoms with Gasteiger partial charge in [-0.25, -0.2) is 0 Å². The van der Waals surface area contributed by atoms with Crippen molar-refractivity contribution >= 4 is 23.0 Å². The summed E-state index contributed by atoms with van der Waals surface area (Å²) < 4.78 is 5.11. The molecule has 0 aliphatic heterocycles. The van der Waals surface area contributed by atoms with Crippen LogP contribution in [0.4, 0.5) is 17.1 Å². The van der Waals surface area contributed by atoms with E-state index in [1.807, 2.05) is 6.92 Å². The SMILES string of the molecule is CCN(CC(=O)Nc1cccc(OC)c1)c1ccccc1[N+](=O)[O-]. The van der Waals surface area contributed by atoms with Crippen LogP contribution < -0.4 is 15.0 Å². The number of hydrogen-bond donors (Lipinski definition) is 1. The number of rotatable bonds is 7. The van der Waals surface area contributed by atoms with Crippen molar-refractivity contribution in [1.82, 2.24) is 0 Å². The summed E-state index contributed by atoms with van der Waals surface area (Å²) in [7, 11) is 1.55. The highest BCUT2D eigenvalue weighted by Gasteiger charge is 2.19. The number of benzene rings is 2. The first kappa shape index (κ1) is 17.3. The summed E-state index contributed by atoms with van der Waals surface area (Å²) >= 11 is 0. The lowest BCUT2D eigenvalue weighted by Gasteiger charge is -2.22. The van der Waals surface area contributed by atoms with Crippen LogP contribution in [0.5, 0.6) is 5.75 Å². The minimum absolute atomic E-state index is 0.0125. The highest BCUT2D eigenvalue weighted by molar-refractivity contribution is 5.94. The highest BCUT2D eigenvalue weighted by Crippen LogP contribution is 2.27. The first-order valence-electron chi connectivity index (χ1n) is 7.47. The first-order chi connectivity index (χ1) is 11.5. The summed E-state index contributed by atoms with van der Waals surface area (Å²) in [5.74, 6) is 0.377. The molecule has 2 aromatic carbocycles. The number of methoxy groups -OCH3 is 1. The topological polar surface area (TPSA) is 84.7 Å². The van der Waals surface area contributed by atoms with Gasteiger partial charge in [-0.3, -0.25) is 14.9 Å². The summed E-state index contributed by atoms with van der Waals surface area (Å²) in [6, 6.07) is 13.4. The number of carbonyl (C=O) groups is 1. The Morgan fingerprint density at radius 2 is 2.00 bits per heavy atom. The Bertz CT molecular complexity index is 733. The molecule has 0 aliphatic carbocycles. The predicted octanol–water partition coefficient (Wildman–Crippen LogP) is 3.07. The van der Waals surface area contributed by atoms with Crippen LogP contribution >= 0.6 is 0 Å². The number of nitro benzene ring substituents is 1. The number of carbonyl (C=O) groups excluding carboxylic acids is 1. The highest BCUT2D eigenvalue weighted by atomic mass is 16.6. The average molecular weight is 329 g/mol. The quantitative estimate of drug-likeness (QED) is 0.623. The Morgan fingerprint density at radius 3 is 2.67 bits per heavy atom. The van der Waals surface area contributed by atoms with Gasteiger partial charge in [0.05, 0.1) is 18.6 Å². The molecule has 0 radical (unpaired) electrons. The third kappa shape index (κ3) is 4.22. The summed E-state index contributed by atoms with van der Waals surface area (Å²) in [6.07, 6.45) is 0. The van der Waals surface area contributed by atoms with Gasteiger partial charge in [0.15, 0.2) is 0 Å². The van der Waals surface area contributed by atoms with E-state index in [1.165, 1.54) is 6.07 Å². The molecule has 1 N–H and O–H groups in total. The third-order valence-corrected chi connectivity index (χ3v) is 3.49. The first-order valence-corrected chi connectivity index (χ1v) is 7.47. The average Bonchev–Trinajstić information content (AvgIpc) is 2.59. The van der Waals surface area contributed by atoms with Crippen molar-refractivity contribution in [2.75, 3.05) is 30.4 Å². The van der Waals surface area contributed by atoms with Crippen LogP contribution in [-0.4, -0.2) is 31.0 Å². The molecule has 24 heavy (non-hydrogen) atoms. The van der Waals surface area contributed by atoms with E-state index in [1.54, 1.807) is 54.5 Å². The lowest BCUT2D eigenvalue weighted by atomic mass is 10.2. The second-order valence-electron chi connectivity index (χ2n) is 5.04. The number of nitrogens with one attached hydrogen (secondary N) is 1. The van der Waals surface area contributed by atoms with E-state index in [-0.39, 0.29) is 18.1 Å². The largest absolute Gasteiger partial charge is 0.497 e. The molecule has 2 rings (SSSR count). The van der Waals surface area contributed by atoms with Gasteiger partial charge in [0.25, 0.3) is 5.69 Å². The summed E-state index contributed by atoms with van der Waals surface area (Å²) in [4.78, 5) is 24.6. The van der Waals surface area contributed by atoms with E-state index in [0.717, 1.165) is 0 Å². The monoisotopic (exact) mass is 329 g/mol. The molecule has 0 heterocycles. The zero-order valence-electron chi connectivity index (χ0n) is 13.6. The van der Waals surface area contributed by atoms with Crippen molar-refractivity contribution in [3.63, 3.8) is 0 Å². The van der Waals surface area contributed by atoms with Gasteiger partial charge in [0.1, 0.15) is 11.4 Å². The Labute approximate surface area is 140 Å². The number of amides is 1. The molecule has 0 saturated carbocycles. The molecule has 0 unspecified atom stereocenters. The molecule has 0 aliphatic rings. The molecule has 2 aromatic rings. The van der Waals surface area contributed by atoms with Crippen molar-refractivity contribution in [2.45, 2.75) is 6.92 Å². The van der Waals surface area contributed by atoms with Gasteiger partial charge in [-0.1, -0.05) is 18.2 Å². The van der Waals surface area contributed by atoms with E-state index in [9.17, 15) is 14.9 Å². The molecule has 0 saturated heterocycles. The standard InChI is InChI=1S/C17H19N3O4/c1-3-19(15-9-4-5-10-16(15)20(22)23)12-17(21)18-13-7-6-8-14(11-13)24-2/h4-11H,3,12H2,1-2H3,(H,18,21).